The van der Waals surface area contributed by atoms with Crippen LogP contribution in [0.2, 0.25) is 0 Å². The summed E-state index contributed by atoms with van der Waals surface area (Å²) in [6, 6.07) is 14.1. The van der Waals surface area contributed by atoms with E-state index in [0.717, 1.165) is 48.5 Å². The first-order chi connectivity index (χ1) is 12.8. The molecule has 3 heterocycles. The van der Waals surface area contributed by atoms with E-state index in [2.05, 4.69) is 27.4 Å². The van der Waals surface area contributed by atoms with Gasteiger partial charge >= 0.3 is 0 Å². The summed E-state index contributed by atoms with van der Waals surface area (Å²) in [7, 11) is 0. The summed E-state index contributed by atoms with van der Waals surface area (Å²) in [5.74, 6) is 0.624. The van der Waals surface area contributed by atoms with Crippen molar-refractivity contribution in [2.24, 2.45) is 0 Å². The van der Waals surface area contributed by atoms with E-state index in [1.807, 2.05) is 30.3 Å². The van der Waals surface area contributed by atoms with E-state index in [1.165, 1.54) is 4.70 Å². The van der Waals surface area contributed by atoms with Gasteiger partial charge in [-0.15, -0.1) is 11.3 Å². The van der Waals surface area contributed by atoms with Crippen LogP contribution in [0.15, 0.2) is 52.6 Å². The van der Waals surface area contributed by atoms with Gasteiger partial charge in [0.05, 0.1) is 24.1 Å². The highest BCUT2D eigenvalue weighted by Gasteiger charge is 2.14. The number of nitrogens with zero attached hydrogens (tertiary/aromatic N) is 2. The molecule has 5 nitrogen and oxygen atoms in total. The minimum absolute atomic E-state index is 0.101. The minimum Gasteiger partial charge on any atom is -0.378 e. The molecule has 6 heteroatoms. The zero-order valence-corrected chi connectivity index (χ0v) is 14.9. The van der Waals surface area contributed by atoms with Gasteiger partial charge in [0.15, 0.2) is 0 Å². The Hall–Kier alpha value is -2.70. The largest absolute Gasteiger partial charge is 0.378 e. The molecule has 1 aliphatic heterocycles. The average Bonchev–Trinajstić information content (AvgIpc) is 3.12. The van der Waals surface area contributed by atoms with Crippen LogP contribution in [0.4, 0.5) is 5.69 Å². The quantitative estimate of drug-likeness (QED) is 0.591. The van der Waals surface area contributed by atoms with E-state index in [1.54, 1.807) is 11.3 Å². The summed E-state index contributed by atoms with van der Waals surface area (Å²) < 4.78 is 6.59. The van der Waals surface area contributed by atoms with Crippen LogP contribution in [0.1, 0.15) is 0 Å². The Morgan fingerprint density at radius 1 is 1.08 bits per heavy atom. The summed E-state index contributed by atoms with van der Waals surface area (Å²) in [6.45, 7) is 3.12. The number of aromatic nitrogens is 2. The highest BCUT2D eigenvalue weighted by atomic mass is 32.1. The smallest absolute Gasteiger partial charge is 0.259 e. The lowest BCUT2D eigenvalue weighted by Crippen LogP contribution is -2.36. The Morgan fingerprint density at radius 3 is 2.81 bits per heavy atom. The van der Waals surface area contributed by atoms with Crippen LogP contribution in [0, 0.1) is 0 Å². The molecule has 0 spiro atoms. The fourth-order valence-electron chi connectivity index (χ4n) is 3.43. The van der Waals surface area contributed by atoms with Crippen LogP contribution in [-0.4, -0.2) is 36.3 Å². The van der Waals surface area contributed by atoms with E-state index < -0.39 is 0 Å². The van der Waals surface area contributed by atoms with Gasteiger partial charge in [-0.05, 0) is 24.3 Å². The highest BCUT2D eigenvalue weighted by molar-refractivity contribution is 7.17. The molecule has 0 atom stereocenters. The SMILES string of the molecule is O=c1[nH]c(-c2csc3ccccc23)nc2ccc(N3CCOCC3)cc12. The van der Waals surface area contributed by atoms with Crippen molar-refractivity contribution in [3.05, 3.63) is 58.2 Å². The molecule has 1 saturated heterocycles. The van der Waals surface area contributed by atoms with Crippen LogP contribution < -0.4 is 10.5 Å². The van der Waals surface area contributed by atoms with Gasteiger partial charge in [-0.25, -0.2) is 4.98 Å². The van der Waals surface area contributed by atoms with Crippen LogP contribution >= 0.6 is 11.3 Å². The maximum Gasteiger partial charge on any atom is 0.259 e. The second kappa shape index (κ2) is 6.23. The highest BCUT2D eigenvalue weighted by Crippen LogP contribution is 2.32. The van der Waals surface area contributed by atoms with Gasteiger partial charge < -0.3 is 14.6 Å². The fraction of sp³-hybridized carbons (Fsp3) is 0.200. The molecule has 1 aliphatic rings. The first-order valence-corrected chi connectivity index (χ1v) is 9.51. The van der Waals surface area contributed by atoms with E-state index in [4.69, 9.17) is 9.72 Å². The summed E-state index contributed by atoms with van der Waals surface area (Å²) in [5.41, 5.74) is 2.63. The second-order valence-corrected chi connectivity index (χ2v) is 7.27. The molecule has 1 fully saturated rings. The summed E-state index contributed by atoms with van der Waals surface area (Å²) in [6.07, 6.45) is 0. The normalized spacial score (nSPS) is 15.0. The molecule has 0 unspecified atom stereocenters. The monoisotopic (exact) mass is 363 g/mol. The Kier molecular flexibility index (Phi) is 3.72. The lowest BCUT2D eigenvalue weighted by molar-refractivity contribution is 0.122. The van der Waals surface area contributed by atoms with Gasteiger partial charge in [0, 0.05) is 39.8 Å². The van der Waals surface area contributed by atoms with Gasteiger partial charge in [-0.1, -0.05) is 18.2 Å². The second-order valence-electron chi connectivity index (χ2n) is 6.36. The predicted octanol–water partition coefficient (Wildman–Crippen LogP) is 3.64. The van der Waals surface area contributed by atoms with Crippen molar-refractivity contribution < 1.29 is 4.74 Å². The summed E-state index contributed by atoms with van der Waals surface area (Å²) >= 11 is 1.66. The molecule has 130 valence electrons. The number of thiophene rings is 1. The molecule has 0 radical (unpaired) electrons. The average molecular weight is 363 g/mol. The first kappa shape index (κ1) is 15.5. The first-order valence-electron chi connectivity index (χ1n) is 8.63. The maximum atomic E-state index is 12.7. The zero-order chi connectivity index (χ0) is 17.5. The molecule has 2 aromatic heterocycles. The summed E-state index contributed by atoms with van der Waals surface area (Å²) in [5, 5.41) is 3.79. The third-order valence-corrected chi connectivity index (χ3v) is 5.76. The molecule has 0 amide bonds. The van der Waals surface area contributed by atoms with E-state index in [0.29, 0.717) is 11.2 Å². The number of nitrogens with one attached hydrogen (secondary N) is 1. The van der Waals surface area contributed by atoms with Crippen molar-refractivity contribution in [1.29, 1.82) is 0 Å². The van der Waals surface area contributed by atoms with Crippen molar-refractivity contribution >= 4 is 38.0 Å². The molecular formula is C20H17N3O2S. The van der Waals surface area contributed by atoms with Crippen molar-refractivity contribution in [3.8, 4) is 11.4 Å². The van der Waals surface area contributed by atoms with Gasteiger partial charge in [0.25, 0.3) is 5.56 Å². The Balaban J connectivity index is 1.62. The molecule has 0 bridgehead atoms. The van der Waals surface area contributed by atoms with Gasteiger partial charge in [0.1, 0.15) is 5.82 Å². The molecule has 4 aromatic rings. The topological polar surface area (TPSA) is 58.2 Å². The molecule has 2 aromatic carbocycles. The summed E-state index contributed by atoms with van der Waals surface area (Å²) in [4.78, 5) is 22.7. The molecule has 0 aliphatic carbocycles. The number of H-pyrrole nitrogens is 1. The van der Waals surface area contributed by atoms with Crippen LogP contribution in [0.5, 0.6) is 0 Å². The number of fused-ring (bicyclic) bond motifs is 2. The number of anilines is 1. The van der Waals surface area contributed by atoms with Crippen molar-refractivity contribution in [2.45, 2.75) is 0 Å². The number of morpholine rings is 1. The van der Waals surface area contributed by atoms with Gasteiger partial charge in [-0.3, -0.25) is 4.79 Å². The van der Waals surface area contributed by atoms with Crippen LogP contribution in [0.25, 0.3) is 32.4 Å². The number of benzene rings is 2. The Bertz CT molecular complexity index is 1160. The number of aromatic amines is 1. The Morgan fingerprint density at radius 2 is 1.92 bits per heavy atom. The maximum absolute atomic E-state index is 12.7. The Labute approximate surface area is 153 Å². The fourth-order valence-corrected chi connectivity index (χ4v) is 4.38. The number of ether oxygens (including phenoxy) is 1. The van der Waals surface area contributed by atoms with Crippen LogP contribution in [-0.2, 0) is 4.74 Å². The number of hydrogen-bond acceptors (Lipinski definition) is 5. The minimum atomic E-state index is -0.101. The van der Waals surface area contributed by atoms with E-state index in [9.17, 15) is 4.79 Å². The van der Waals surface area contributed by atoms with E-state index >= 15 is 0 Å². The van der Waals surface area contributed by atoms with Crippen molar-refractivity contribution in [1.82, 2.24) is 9.97 Å². The molecule has 5 rings (SSSR count). The van der Waals surface area contributed by atoms with Crippen molar-refractivity contribution in [2.75, 3.05) is 31.2 Å². The zero-order valence-electron chi connectivity index (χ0n) is 14.1. The van der Waals surface area contributed by atoms with E-state index in [-0.39, 0.29) is 5.56 Å². The third-order valence-electron chi connectivity index (χ3n) is 4.80. The molecule has 1 N–H and O–H groups in total. The van der Waals surface area contributed by atoms with Gasteiger partial charge in [0.2, 0.25) is 0 Å². The molecule has 26 heavy (non-hydrogen) atoms. The molecule has 0 saturated carbocycles. The van der Waals surface area contributed by atoms with Crippen molar-refractivity contribution in [3.63, 3.8) is 0 Å². The third kappa shape index (κ3) is 2.58. The predicted molar refractivity (Wildman–Crippen MR) is 106 cm³/mol. The number of rotatable bonds is 2. The lowest BCUT2D eigenvalue weighted by Gasteiger charge is -2.28. The standard InChI is InChI=1S/C20H17N3O2S/c24-20-15-11-13(23-7-9-25-10-8-23)5-6-17(15)21-19(22-20)16-12-26-18-4-2-1-3-14(16)18/h1-6,11-12H,7-10H2,(H,21,22,24). The number of hydrogen-bond donors (Lipinski definition) is 1. The van der Waals surface area contributed by atoms with Gasteiger partial charge in [-0.2, -0.15) is 0 Å². The lowest BCUT2D eigenvalue weighted by atomic mass is 10.1. The van der Waals surface area contributed by atoms with Crippen LogP contribution in [0.3, 0.4) is 0 Å². The molecular weight excluding hydrogens is 346 g/mol.